The van der Waals surface area contributed by atoms with Gasteiger partial charge in [0.25, 0.3) is 17.5 Å². The van der Waals surface area contributed by atoms with E-state index in [2.05, 4.69) is 0 Å². The highest BCUT2D eigenvalue weighted by Gasteiger charge is 2.42. The van der Waals surface area contributed by atoms with Gasteiger partial charge in [0, 0.05) is 24.4 Å². The van der Waals surface area contributed by atoms with Crippen molar-refractivity contribution >= 4 is 28.8 Å². The third kappa shape index (κ3) is 3.75. The molecular weight excluding hydrogens is 430 g/mol. The van der Waals surface area contributed by atoms with Crippen molar-refractivity contribution in [3.63, 3.8) is 0 Å². The van der Waals surface area contributed by atoms with E-state index < -0.39 is 10.8 Å². The Labute approximate surface area is 197 Å². The molecule has 0 spiro atoms. The maximum atomic E-state index is 13.8. The normalized spacial score (nSPS) is 15.7. The average Bonchev–Trinajstić information content (AvgIpc) is 3.09. The van der Waals surface area contributed by atoms with Crippen molar-refractivity contribution in [1.29, 1.82) is 0 Å². The lowest BCUT2D eigenvalue weighted by molar-refractivity contribution is -0.384. The summed E-state index contributed by atoms with van der Waals surface area (Å²) in [6.07, 6.45) is 1.76. The van der Waals surface area contributed by atoms with Gasteiger partial charge in [-0.3, -0.25) is 24.6 Å². The average molecular weight is 453 g/mol. The predicted octanol–water partition coefficient (Wildman–Crippen LogP) is 4.64. The van der Waals surface area contributed by atoms with E-state index in [4.69, 9.17) is 0 Å². The molecule has 0 radical (unpaired) electrons. The van der Waals surface area contributed by atoms with Gasteiger partial charge in [-0.05, 0) is 54.7 Å². The van der Waals surface area contributed by atoms with Gasteiger partial charge in [-0.1, -0.05) is 48.0 Å². The Morgan fingerprint density at radius 2 is 1.62 bits per heavy atom. The predicted molar refractivity (Wildman–Crippen MR) is 129 cm³/mol. The molecule has 0 N–H and O–H groups in total. The molecule has 3 aromatic carbocycles. The standard InChI is InChI=1S/C27H23N3O4/c1-18-8-10-19(11-9-18)17-29-26(31)24(21-12-14-22(15-13-21)30(33)34)25(27(29)32)28-16-4-6-20-5-2-3-7-23(20)28/h2-3,5,7-15H,4,6,16-17H2,1H3. The van der Waals surface area contributed by atoms with Crippen LogP contribution in [0.4, 0.5) is 11.4 Å². The Hall–Kier alpha value is -4.26. The first-order valence-corrected chi connectivity index (χ1v) is 11.2. The van der Waals surface area contributed by atoms with Gasteiger partial charge in [-0.25, -0.2) is 0 Å². The minimum Gasteiger partial charge on any atom is -0.336 e. The number of non-ortho nitro benzene ring substituents is 1. The van der Waals surface area contributed by atoms with E-state index in [1.807, 2.05) is 60.4 Å². The summed E-state index contributed by atoms with van der Waals surface area (Å²) in [6, 6.07) is 21.5. The maximum absolute atomic E-state index is 13.8. The lowest BCUT2D eigenvalue weighted by Crippen LogP contribution is -2.36. The number of carbonyl (C=O) groups excluding carboxylic acids is 2. The van der Waals surface area contributed by atoms with Crippen LogP contribution in [0.25, 0.3) is 5.57 Å². The highest BCUT2D eigenvalue weighted by atomic mass is 16.6. The van der Waals surface area contributed by atoms with Crippen LogP contribution < -0.4 is 4.90 Å². The molecule has 0 bridgehead atoms. The van der Waals surface area contributed by atoms with Gasteiger partial charge in [0.05, 0.1) is 17.0 Å². The molecule has 0 atom stereocenters. The maximum Gasteiger partial charge on any atom is 0.278 e. The highest BCUT2D eigenvalue weighted by Crippen LogP contribution is 2.38. The Balaban J connectivity index is 1.61. The molecule has 170 valence electrons. The van der Waals surface area contributed by atoms with Crippen molar-refractivity contribution in [3.05, 3.63) is 111 Å². The Morgan fingerprint density at radius 1 is 0.912 bits per heavy atom. The summed E-state index contributed by atoms with van der Waals surface area (Å²) in [5.41, 5.74) is 5.04. The number of benzene rings is 3. The fourth-order valence-corrected chi connectivity index (χ4v) is 4.61. The number of rotatable bonds is 5. The number of amides is 2. The molecule has 7 heteroatoms. The summed E-state index contributed by atoms with van der Waals surface area (Å²) in [5, 5.41) is 11.1. The van der Waals surface area contributed by atoms with Crippen molar-refractivity contribution < 1.29 is 14.5 Å². The zero-order valence-corrected chi connectivity index (χ0v) is 18.7. The van der Waals surface area contributed by atoms with Crippen LogP contribution in [0.1, 0.15) is 28.7 Å². The third-order valence-electron chi connectivity index (χ3n) is 6.35. The summed E-state index contributed by atoms with van der Waals surface area (Å²) in [7, 11) is 0. The second-order valence-corrected chi connectivity index (χ2v) is 8.59. The van der Waals surface area contributed by atoms with Gasteiger partial charge in [0.1, 0.15) is 5.70 Å². The molecule has 3 aromatic rings. The smallest absolute Gasteiger partial charge is 0.278 e. The van der Waals surface area contributed by atoms with E-state index >= 15 is 0 Å². The highest BCUT2D eigenvalue weighted by molar-refractivity contribution is 6.36. The minimum atomic E-state index is -0.481. The zero-order chi connectivity index (χ0) is 23.8. The molecule has 7 nitrogen and oxygen atoms in total. The van der Waals surface area contributed by atoms with Gasteiger partial charge in [-0.2, -0.15) is 0 Å². The van der Waals surface area contributed by atoms with Crippen molar-refractivity contribution in [2.75, 3.05) is 11.4 Å². The number of hydrogen-bond acceptors (Lipinski definition) is 5. The number of anilines is 1. The molecule has 0 fully saturated rings. The monoisotopic (exact) mass is 453 g/mol. The lowest BCUT2D eigenvalue weighted by atomic mass is 9.98. The SMILES string of the molecule is Cc1ccc(CN2C(=O)C(c3ccc([N+](=O)[O-])cc3)=C(N3CCCc4ccccc43)C2=O)cc1. The topological polar surface area (TPSA) is 83.8 Å². The summed E-state index contributed by atoms with van der Waals surface area (Å²) >= 11 is 0. The molecule has 0 unspecified atom stereocenters. The van der Waals surface area contributed by atoms with E-state index in [9.17, 15) is 19.7 Å². The quantitative estimate of drug-likeness (QED) is 0.319. The summed E-state index contributed by atoms with van der Waals surface area (Å²) in [5.74, 6) is -0.742. The van der Waals surface area contributed by atoms with Gasteiger partial charge >= 0.3 is 0 Å². The number of nitro groups is 1. The molecule has 0 saturated heterocycles. The number of nitro benzene ring substituents is 1. The molecule has 2 aliphatic heterocycles. The van der Waals surface area contributed by atoms with Crippen LogP contribution in [-0.2, 0) is 22.6 Å². The fraction of sp³-hybridized carbons (Fsp3) is 0.185. The summed E-state index contributed by atoms with van der Waals surface area (Å²) in [4.78, 5) is 41.3. The van der Waals surface area contributed by atoms with Crippen LogP contribution in [0.15, 0.2) is 78.5 Å². The first kappa shape index (κ1) is 21.6. The van der Waals surface area contributed by atoms with Crippen LogP contribution in [0.5, 0.6) is 0 Å². The first-order chi connectivity index (χ1) is 16.4. The van der Waals surface area contributed by atoms with E-state index in [-0.39, 0.29) is 23.7 Å². The molecule has 0 aliphatic carbocycles. The number of carbonyl (C=O) groups is 2. The second-order valence-electron chi connectivity index (χ2n) is 8.59. The van der Waals surface area contributed by atoms with E-state index in [1.165, 1.54) is 17.0 Å². The number of para-hydroxylation sites is 1. The number of imide groups is 1. The molecule has 0 aromatic heterocycles. The van der Waals surface area contributed by atoms with Gasteiger partial charge in [0.2, 0.25) is 0 Å². The lowest BCUT2D eigenvalue weighted by Gasteiger charge is -2.32. The molecule has 34 heavy (non-hydrogen) atoms. The molecule has 5 rings (SSSR count). The number of aryl methyl sites for hydroxylation is 2. The first-order valence-electron chi connectivity index (χ1n) is 11.2. The van der Waals surface area contributed by atoms with Gasteiger partial charge < -0.3 is 4.90 Å². The van der Waals surface area contributed by atoms with Crippen molar-refractivity contribution in [1.82, 2.24) is 4.90 Å². The van der Waals surface area contributed by atoms with Crippen LogP contribution in [0.2, 0.25) is 0 Å². The van der Waals surface area contributed by atoms with Gasteiger partial charge in [-0.15, -0.1) is 0 Å². The third-order valence-corrected chi connectivity index (χ3v) is 6.35. The van der Waals surface area contributed by atoms with E-state index in [1.54, 1.807) is 12.1 Å². The fourth-order valence-electron chi connectivity index (χ4n) is 4.61. The minimum absolute atomic E-state index is 0.0671. The van der Waals surface area contributed by atoms with Crippen molar-refractivity contribution in [3.8, 4) is 0 Å². The van der Waals surface area contributed by atoms with Crippen molar-refractivity contribution in [2.24, 2.45) is 0 Å². The Morgan fingerprint density at radius 3 is 2.32 bits per heavy atom. The van der Waals surface area contributed by atoms with Crippen molar-refractivity contribution in [2.45, 2.75) is 26.3 Å². The molecule has 0 saturated carbocycles. The van der Waals surface area contributed by atoms with Crippen LogP contribution in [0, 0.1) is 17.0 Å². The molecular formula is C27H23N3O4. The largest absolute Gasteiger partial charge is 0.336 e. The number of hydrogen-bond donors (Lipinski definition) is 0. The number of fused-ring (bicyclic) bond motifs is 1. The molecule has 2 amide bonds. The van der Waals surface area contributed by atoms with E-state index in [0.717, 1.165) is 35.2 Å². The number of nitrogens with zero attached hydrogens (tertiary/aromatic N) is 3. The molecule has 2 aliphatic rings. The van der Waals surface area contributed by atoms with Gasteiger partial charge in [0.15, 0.2) is 0 Å². The molecule has 2 heterocycles. The second kappa shape index (κ2) is 8.59. The van der Waals surface area contributed by atoms with E-state index in [0.29, 0.717) is 17.8 Å². The zero-order valence-electron chi connectivity index (χ0n) is 18.7. The Bertz CT molecular complexity index is 1330. The Kier molecular flexibility index (Phi) is 5.45. The van der Waals surface area contributed by atoms with Crippen LogP contribution in [-0.4, -0.2) is 28.2 Å². The van der Waals surface area contributed by atoms with Crippen LogP contribution >= 0.6 is 0 Å². The van der Waals surface area contributed by atoms with Crippen LogP contribution in [0.3, 0.4) is 0 Å². The summed E-state index contributed by atoms with van der Waals surface area (Å²) < 4.78 is 0. The summed E-state index contributed by atoms with van der Waals surface area (Å²) in [6.45, 7) is 2.75.